The first-order chi connectivity index (χ1) is 9.71. The smallest absolute Gasteiger partial charge is 0.334 e. The van der Waals surface area contributed by atoms with Gasteiger partial charge in [-0.3, -0.25) is 4.79 Å². The van der Waals surface area contributed by atoms with Crippen LogP contribution in [0.25, 0.3) is 0 Å². The predicted molar refractivity (Wildman–Crippen MR) is 81.1 cm³/mol. The molecule has 0 spiro atoms. The Bertz CT molecular complexity index is 540. The van der Waals surface area contributed by atoms with Crippen molar-refractivity contribution < 1.29 is 14.7 Å². The highest BCUT2D eigenvalue weighted by atomic mass is 16.4. The lowest BCUT2D eigenvalue weighted by molar-refractivity contribution is -0.155. The summed E-state index contributed by atoms with van der Waals surface area (Å²) in [6, 6.07) is 7.60. The number of benzene rings is 1. The van der Waals surface area contributed by atoms with Gasteiger partial charge in [-0.15, -0.1) is 0 Å². The van der Waals surface area contributed by atoms with Gasteiger partial charge in [-0.1, -0.05) is 45.0 Å². The SMILES string of the molecule is CC(C)(C)c1ccc(C(C)(C(=O)O)N(C=O)C2CC2)cc1. The Morgan fingerprint density at radius 3 is 1.95 bits per heavy atom. The van der Waals surface area contributed by atoms with Crippen molar-refractivity contribution in [2.45, 2.75) is 57.5 Å². The number of carbonyl (C=O) groups is 2. The molecular weight excluding hydrogens is 266 g/mol. The van der Waals surface area contributed by atoms with Crippen LogP contribution in [0.5, 0.6) is 0 Å². The van der Waals surface area contributed by atoms with Gasteiger partial charge in [-0.25, -0.2) is 4.79 Å². The summed E-state index contributed by atoms with van der Waals surface area (Å²) in [5.74, 6) is -0.995. The van der Waals surface area contributed by atoms with Crippen molar-refractivity contribution in [1.29, 1.82) is 0 Å². The van der Waals surface area contributed by atoms with Gasteiger partial charge in [0.1, 0.15) is 0 Å². The van der Waals surface area contributed by atoms with Crippen LogP contribution in [0.1, 0.15) is 51.7 Å². The van der Waals surface area contributed by atoms with Crippen LogP contribution in [0.15, 0.2) is 24.3 Å². The average Bonchev–Trinajstić information content (AvgIpc) is 3.22. The van der Waals surface area contributed by atoms with Gasteiger partial charge in [0.15, 0.2) is 5.54 Å². The number of aliphatic carboxylic acids is 1. The Hall–Kier alpha value is -1.84. The maximum atomic E-state index is 11.8. The topological polar surface area (TPSA) is 57.6 Å². The van der Waals surface area contributed by atoms with Crippen molar-refractivity contribution in [3.63, 3.8) is 0 Å². The lowest BCUT2D eigenvalue weighted by Gasteiger charge is -2.36. The van der Waals surface area contributed by atoms with E-state index in [1.54, 1.807) is 6.92 Å². The summed E-state index contributed by atoms with van der Waals surface area (Å²) in [4.78, 5) is 24.7. The van der Waals surface area contributed by atoms with Gasteiger partial charge in [-0.05, 0) is 36.3 Å². The van der Waals surface area contributed by atoms with Crippen molar-refractivity contribution in [2.24, 2.45) is 0 Å². The van der Waals surface area contributed by atoms with E-state index >= 15 is 0 Å². The monoisotopic (exact) mass is 289 g/mol. The Labute approximate surface area is 125 Å². The summed E-state index contributed by atoms with van der Waals surface area (Å²) in [5.41, 5.74) is 0.489. The third-order valence-corrected chi connectivity index (χ3v) is 4.30. The lowest BCUT2D eigenvalue weighted by atomic mass is 9.83. The molecule has 1 N–H and O–H groups in total. The summed E-state index contributed by atoms with van der Waals surface area (Å²) < 4.78 is 0. The van der Waals surface area contributed by atoms with E-state index in [4.69, 9.17) is 0 Å². The second-order valence-electron chi connectivity index (χ2n) is 6.95. The number of nitrogens with zero attached hydrogens (tertiary/aromatic N) is 1. The Morgan fingerprint density at radius 1 is 1.14 bits per heavy atom. The van der Waals surface area contributed by atoms with Gasteiger partial charge in [0.05, 0.1) is 0 Å². The number of carboxylic acid groups (broad SMARTS) is 1. The van der Waals surface area contributed by atoms with Gasteiger partial charge in [0.25, 0.3) is 0 Å². The normalized spacial score (nSPS) is 17.9. The Kier molecular flexibility index (Phi) is 3.83. The van der Waals surface area contributed by atoms with E-state index in [0.717, 1.165) is 18.4 Å². The number of hydrogen-bond donors (Lipinski definition) is 1. The van der Waals surface area contributed by atoms with E-state index in [-0.39, 0.29) is 11.5 Å². The third-order valence-electron chi connectivity index (χ3n) is 4.30. The molecule has 1 aliphatic carbocycles. The van der Waals surface area contributed by atoms with E-state index < -0.39 is 11.5 Å². The third kappa shape index (κ3) is 2.80. The van der Waals surface area contributed by atoms with Crippen molar-refractivity contribution >= 4 is 12.4 Å². The summed E-state index contributed by atoms with van der Waals surface area (Å²) in [6.07, 6.45) is 2.42. The molecule has 1 fully saturated rings. The Balaban J connectivity index is 2.43. The maximum Gasteiger partial charge on any atom is 0.334 e. The summed E-state index contributed by atoms with van der Waals surface area (Å²) in [7, 11) is 0. The van der Waals surface area contributed by atoms with E-state index in [1.165, 1.54) is 4.90 Å². The summed E-state index contributed by atoms with van der Waals surface area (Å²) in [6.45, 7) is 7.94. The van der Waals surface area contributed by atoms with Crippen LogP contribution in [0, 0.1) is 0 Å². The molecule has 0 bridgehead atoms. The second-order valence-corrected chi connectivity index (χ2v) is 6.95. The fourth-order valence-corrected chi connectivity index (χ4v) is 2.59. The first kappa shape index (κ1) is 15.5. The minimum Gasteiger partial charge on any atom is -0.479 e. The van der Waals surface area contributed by atoms with Gasteiger partial charge < -0.3 is 10.0 Å². The molecule has 4 nitrogen and oxygen atoms in total. The molecule has 0 aliphatic heterocycles. The van der Waals surface area contributed by atoms with Crippen LogP contribution in [0.2, 0.25) is 0 Å². The number of carbonyl (C=O) groups excluding carboxylic acids is 1. The molecule has 114 valence electrons. The molecular formula is C17H23NO3. The molecule has 21 heavy (non-hydrogen) atoms. The summed E-state index contributed by atoms with van der Waals surface area (Å²) in [5, 5.41) is 9.69. The first-order valence-corrected chi connectivity index (χ1v) is 7.29. The second kappa shape index (κ2) is 5.17. The highest BCUT2D eigenvalue weighted by Gasteiger charge is 2.47. The number of carboxylic acids is 1. The molecule has 0 aromatic heterocycles. The molecule has 0 heterocycles. The van der Waals surface area contributed by atoms with Gasteiger partial charge in [0, 0.05) is 6.04 Å². The minimum absolute atomic E-state index is 0.0129. The molecule has 0 radical (unpaired) electrons. The van der Waals surface area contributed by atoms with Crippen molar-refractivity contribution in [3.05, 3.63) is 35.4 Å². The van der Waals surface area contributed by atoms with Crippen LogP contribution in [-0.4, -0.2) is 28.4 Å². The fraction of sp³-hybridized carbons (Fsp3) is 0.529. The zero-order chi connectivity index (χ0) is 15.8. The molecule has 0 saturated heterocycles. The quantitative estimate of drug-likeness (QED) is 0.848. The Morgan fingerprint density at radius 2 is 1.62 bits per heavy atom. The molecule has 4 heteroatoms. The van der Waals surface area contributed by atoms with Gasteiger partial charge in [0.2, 0.25) is 6.41 Å². The lowest BCUT2D eigenvalue weighted by Crippen LogP contribution is -2.50. The zero-order valence-corrected chi connectivity index (χ0v) is 13.1. The molecule has 1 saturated carbocycles. The van der Waals surface area contributed by atoms with Crippen LogP contribution in [0.4, 0.5) is 0 Å². The highest BCUT2D eigenvalue weighted by Crippen LogP contribution is 2.38. The van der Waals surface area contributed by atoms with Crippen molar-refractivity contribution in [3.8, 4) is 0 Å². The van der Waals surface area contributed by atoms with Crippen LogP contribution >= 0.6 is 0 Å². The fourth-order valence-electron chi connectivity index (χ4n) is 2.59. The van der Waals surface area contributed by atoms with Crippen molar-refractivity contribution in [1.82, 2.24) is 4.90 Å². The van der Waals surface area contributed by atoms with Gasteiger partial charge >= 0.3 is 5.97 Å². The van der Waals surface area contributed by atoms with E-state index in [9.17, 15) is 14.7 Å². The van der Waals surface area contributed by atoms with E-state index in [2.05, 4.69) is 20.8 Å². The average molecular weight is 289 g/mol. The number of rotatable bonds is 5. The number of amides is 1. The van der Waals surface area contributed by atoms with E-state index in [0.29, 0.717) is 12.0 Å². The zero-order valence-electron chi connectivity index (χ0n) is 13.1. The van der Waals surface area contributed by atoms with Crippen LogP contribution in [-0.2, 0) is 20.5 Å². The molecule has 2 rings (SSSR count). The van der Waals surface area contributed by atoms with Crippen molar-refractivity contribution in [2.75, 3.05) is 0 Å². The maximum absolute atomic E-state index is 11.8. The molecule has 1 aliphatic rings. The van der Waals surface area contributed by atoms with Crippen LogP contribution in [0.3, 0.4) is 0 Å². The minimum atomic E-state index is -1.31. The largest absolute Gasteiger partial charge is 0.479 e. The molecule has 1 unspecified atom stereocenters. The van der Waals surface area contributed by atoms with Gasteiger partial charge in [-0.2, -0.15) is 0 Å². The van der Waals surface area contributed by atoms with Crippen LogP contribution < -0.4 is 0 Å². The molecule has 1 aromatic rings. The standard InChI is InChI=1S/C17H23NO3/c1-16(2,3)12-5-7-13(8-6-12)17(4,15(20)21)18(11-19)14-9-10-14/h5-8,11,14H,9-10H2,1-4H3,(H,20,21). The molecule has 1 aromatic carbocycles. The summed E-state index contributed by atoms with van der Waals surface area (Å²) >= 11 is 0. The highest BCUT2D eigenvalue weighted by molar-refractivity contribution is 5.83. The van der Waals surface area contributed by atoms with E-state index in [1.807, 2.05) is 24.3 Å². The molecule has 1 amide bonds. The predicted octanol–water partition coefficient (Wildman–Crippen LogP) is 2.90. The number of hydrogen-bond acceptors (Lipinski definition) is 2. The first-order valence-electron chi connectivity index (χ1n) is 7.29. The molecule has 1 atom stereocenters.